The lowest BCUT2D eigenvalue weighted by atomic mass is 10.1. The van der Waals surface area contributed by atoms with Gasteiger partial charge < -0.3 is 15.2 Å². The number of benzene rings is 2. The Morgan fingerprint density at radius 1 is 1.09 bits per heavy atom. The van der Waals surface area contributed by atoms with E-state index in [0.717, 1.165) is 11.1 Å². The predicted molar refractivity (Wildman–Crippen MR) is 85.8 cm³/mol. The van der Waals surface area contributed by atoms with Gasteiger partial charge in [-0.25, -0.2) is 4.79 Å². The lowest BCUT2D eigenvalue weighted by Crippen LogP contribution is -2.37. The van der Waals surface area contributed by atoms with Crippen LogP contribution in [0.1, 0.15) is 21.5 Å². The minimum atomic E-state index is -1.40. The molecule has 23 heavy (non-hydrogen) atoms. The highest BCUT2D eigenvalue weighted by Gasteiger charge is 2.18. The van der Waals surface area contributed by atoms with Crippen molar-refractivity contribution in [1.82, 2.24) is 5.32 Å². The molecular weight excluding hydrogens is 294 g/mol. The fraction of sp³-hybridized carbons (Fsp3) is 0.222. The van der Waals surface area contributed by atoms with Crippen LogP contribution in [0.15, 0.2) is 54.6 Å². The van der Waals surface area contributed by atoms with Gasteiger partial charge in [-0.2, -0.15) is 0 Å². The van der Waals surface area contributed by atoms with E-state index >= 15 is 0 Å². The van der Waals surface area contributed by atoms with Crippen LogP contribution in [0, 0.1) is 6.92 Å². The molecule has 2 aromatic carbocycles. The maximum atomic E-state index is 11.9. The molecule has 0 aromatic heterocycles. The van der Waals surface area contributed by atoms with Crippen LogP contribution < -0.4 is 5.32 Å². The molecule has 0 spiro atoms. The molecule has 0 bridgehead atoms. The Balaban J connectivity index is 1.77. The summed E-state index contributed by atoms with van der Waals surface area (Å²) >= 11 is 0. The zero-order valence-electron chi connectivity index (χ0n) is 12.9. The number of aryl methyl sites for hydroxylation is 1. The average molecular weight is 313 g/mol. The molecule has 0 aliphatic heterocycles. The van der Waals surface area contributed by atoms with Crippen LogP contribution in [0.3, 0.4) is 0 Å². The molecule has 5 heteroatoms. The Morgan fingerprint density at radius 2 is 1.74 bits per heavy atom. The van der Waals surface area contributed by atoms with Gasteiger partial charge >= 0.3 is 5.97 Å². The van der Waals surface area contributed by atoms with Crippen molar-refractivity contribution in [2.24, 2.45) is 0 Å². The lowest BCUT2D eigenvalue weighted by Gasteiger charge is -2.12. The summed E-state index contributed by atoms with van der Waals surface area (Å²) in [5.74, 6) is -1.11. The molecule has 2 aromatic rings. The van der Waals surface area contributed by atoms with Crippen LogP contribution in [0.5, 0.6) is 0 Å². The molecular formula is C18H19NO4. The molecule has 120 valence electrons. The number of amides is 1. The molecule has 0 fully saturated rings. The van der Waals surface area contributed by atoms with E-state index in [2.05, 4.69) is 5.32 Å². The standard InChI is InChI=1S/C18H19NO4/c1-13-7-9-15(10-8-13)17(21)19-11-16(20)18(22)23-12-14-5-3-2-4-6-14/h2-10,16,20H,11-12H2,1H3,(H,19,21)/t16-/m1/s1. The molecule has 0 radical (unpaired) electrons. The number of esters is 1. The number of hydrogen-bond donors (Lipinski definition) is 2. The van der Waals surface area contributed by atoms with Gasteiger partial charge in [0.15, 0.2) is 6.10 Å². The normalized spacial score (nSPS) is 11.6. The first-order valence-electron chi connectivity index (χ1n) is 7.30. The SMILES string of the molecule is Cc1ccc(C(=O)NC[C@@H](O)C(=O)OCc2ccccc2)cc1. The summed E-state index contributed by atoms with van der Waals surface area (Å²) in [6, 6.07) is 16.2. The first-order valence-corrected chi connectivity index (χ1v) is 7.30. The van der Waals surface area contributed by atoms with Gasteiger partial charge in [0, 0.05) is 5.56 Å². The zero-order chi connectivity index (χ0) is 16.7. The van der Waals surface area contributed by atoms with Crippen LogP contribution in [-0.4, -0.2) is 29.6 Å². The summed E-state index contributed by atoms with van der Waals surface area (Å²) in [4.78, 5) is 23.6. The van der Waals surface area contributed by atoms with Gasteiger partial charge in [-0.1, -0.05) is 48.0 Å². The first-order chi connectivity index (χ1) is 11.1. The van der Waals surface area contributed by atoms with Crippen LogP contribution in [0.4, 0.5) is 0 Å². The van der Waals surface area contributed by atoms with Crippen molar-refractivity contribution in [2.75, 3.05) is 6.54 Å². The van der Waals surface area contributed by atoms with E-state index in [1.54, 1.807) is 12.1 Å². The summed E-state index contributed by atoms with van der Waals surface area (Å²) in [6.45, 7) is 1.82. The number of carbonyl (C=O) groups excluding carboxylic acids is 2. The molecule has 1 atom stereocenters. The van der Waals surface area contributed by atoms with Crippen LogP contribution in [0.2, 0.25) is 0 Å². The smallest absolute Gasteiger partial charge is 0.337 e. The zero-order valence-corrected chi connectivity index (χ0v) is 12.9. The summed E-state index contributed by atoms with van der Waals surface area (Å²) in [5.41, 5.74) is 2.35. The largest absolute Gasteiger partial charge is 0.459 e. The Morgan fingerprint density at radius 3 is 2.39 bits per heavy atom. The van der Waals surface area contributed by atoms with E-state index in [0.29, 0.717) is 5.56 Å². The highest BCUT2D eigenvalue weighted by Crippen LogP contribution is 2.04. The van der Waals surface area contributed by atoms with Gasteiger partial charge in [0.05, 0.1) is 6.54 Å². The number of aliphatic hydroxyl groups excluding tert-OH is 1. The molecule has 2 rings (SSSR count). The highest BCUT2D eigenvalue weighted by atomic mass is 16.5. The summed E-state index contributed by atoms with van der Waals surface area (Å²) < 4.78 is 5.00. The van der Waals surface area contributed by atoms with Crippen molar-refractivity contribution in [3.63, 3.8) is 0 Å². The van der Waals surface area contributed by atoms with Gasteiger partial charge in [0.2, 0.25) is 0 Å². The number of aliphatic hydroxyl groups is 1. The lowest BCUT2D eigenvalue weighted by molar-refractivity contribution is -0.154. The van der Waals surface area contributed by atoms with Crippen molar-refractivity contribution < 1.29 is 19.4 Å². The molecule has 0 saturated carbocycles. The predicted octanol–water partition coefficient (Wildman–Crippen LogP) is 1.83. The molecule has 0 unspecified atom stereocenters. The Bertz CT molecular complexity index is 652. The maximum absolute atomic E-state index is 11.9. The number of hydrogen-bond acceptors (Lipinski definition) is 4. The molecule has 0 aliphatic carbocycles. The van der Waals surface area contributed by atoms with Gasteiger partial charge in [0.25, 0.3) is 5.91 Å². The van der Waals surface area contributed by atoms with E-state index in [1.807, 2.05) is 49.4 Å². The summed E-state index contributed by atoms with van der Waals surface area (Å²) in [5, 5.41) is 12.3. The molecule has 0 heterocycles. The molecule has 5 nitrogen and oxygen atoms in total. The van der Waals surface area contributed by atoms with E-state index in [-0.39, 0.29) is 19.1 Å². The topological polar surface area (TPSA) is 75.6 Å². The fourth-order valence-electron chi connectivity index (χ4n) is 1.90. The number of carbonyl (C=O) groups is 2. The first kappa shape index (κ1) is 16.7. The number of rotatable bonds is 6. The summed E-state index contributed by atoms with van der Waals surface area (Å²) in [6.07, 6.45) is -1.40. The second-order valence-corrected chi connectivity index (χ2v) is 5.19. The van der Waals surface area contributed by atoms with E-state index in [9.17, 15) is 14.7 Å². The second kappa shape index (κ2) is 8.10. The van der Waals surface area contributed by atoms with Crippen molar-refractivity contribution in [3.05, 3.63) is 71.3 Å². The van der Waals surface area contributed by atoms with Crippen LogP contribution >= 0.6 is 0 Å². The molecule has 0 saturated heterocycles. The van der Waals surface area contributed by atoms with Gasteiger partial charge in [-0.05, 0) is 24.6 Å². The fourth-order valence-corrected chi connectivity index (χ4v) is 1.90. The average Bonchev–Trinajstić information content (AvgIpc) is 2.58. The third-order valence-corrected chi connectivity index (χ3v) is 3.27. The molecule has 1 amide bonds. The minimum absolute atomic E-state index is 0.0860. The van der Waals surface area contributed by atoms with Gasteiger partial charge in [-0.3, -0.25) is 4.79 Å². The van der Waals surface area contributed by atoms with Crippen LogP contribution in [0.25, 0.3) is 0 Å². The molecule has 0 aliphatic rings. The minimum Gasteiger partial charge on any atom is -0.459 e. The van der Waals surface area contributed by atoms with Crippen LogP contribution in [-0.2, 0) is 16.1 Å². The molecule has 2 N–H and O–H groups in total. The maximum Gasteiger partial charge on any atom is 0.337 e. The number of ether oxygens (including phenoxy) is 1. The van der Waals surface area contributed by atoms with Gasteiger partial charge in [-0.15, -0.1) is 0 Å². The summed E-state index contributed by atoms with van der Waals surface area (Å²) in [7, 11) is 0. The van der Waals surface area contributed by atoms with Gasteiger partial charge in [0.1, 0.15) is 6.61 Å². The highest BCUT2D eigenvalue weighted by molar-refractivity contribution is 5.94. The van der Waals surface area contributed by atoms with Crippen molar-refractivity contribution in [3.8, 4) is 0 Å². The van der Waals surface area contributed by atoms with E-state index in [4.69, 9.17) is 4.74 Å². The monoisotopic (exact) mass is 313 g/mol. The quantitative estimate of drug-likeness (QED) is 0.798. The van der Waals surface area contributed by atoms with Crippen molar-refractivity contribution in [1.29, 1.82) is 0 Å². The van der Waals surface area contributed by atoms with E-state index < -0.39 is 12.1 Å². The van der Waals surface area contributed by atoms with Crippen molar-refractivity contribution >= 4 is 11.9 Å². The Labute approximate surface area is 134 Å². The Hall–Kier alpha value is -2.66. The Kier molecular flexibility index (Phi) is 5.88. The number of nitrogens with one attached hydrogen (secondary N) is 1. The van der Waals surface area contributed by atoms with Crippen molar-refractivity contribution in [2.45, 2.75) is 19.6 Å². The third kappa shape index (κ3) is 5.23. The van der Waals surface area contributed by atoms with E-state index in [1.165, 1.54) is 0 Å². The third-order valence-electron chi connectivity index (χ3n) is 3.27. The second-order valence-electron chi connectivity index (χ2n) is 5.19.